The van der Waals surface area contributed by atoms with Crippen LogP contribution < -0.4 is 10.1 Å². The third-order valence-electron chi connectivity index (χ3n) is 3.83. The maximum Gasteiger partial charge on any atom is 0.340 e. The van der Waals surface area contributed by atoms with E-state index in [1.807, 2.05) is 30.3 Å². The number of hydrogen-bond acceptors (Lipinski definition) is 7. The van der Waals surface area contributed by atoms with Gasteiger partial charge in [-0.15, -0.1) is 4.40 Å². The van der Waals surface area contributed by atoms with Gasteiger partial charge < -0.3 is 19.7 Å². The maximum atomic E-state index is 12.1. The molecule has 2 aliphatic rings. The molecule has 0 aromatic heterocycles. The lowest BCUT2D eigenvalue weighted by molar-refractivity contribution is -0.144. The van der Waals surface area contributed by atoms with Gasteiger partial charge in [0.25, 0.3) is 15.9 Å². The third-order valence-corrected chi connectivity index (χ3v) is 4.99. The summed E-state index contributed by atoms with van der Waals surface area (Å²) in [4.78, 5) is 25.4. The maximum absolute atomic E-state index is 12.1. The van der Waals surface area contributed by atoms with Crippen molar-refractivity contribution in [3.63, 3.8) is 0 Å². The van der Waals surface area contributed by atoms with Crippen LogP contribution in [0.5, 0.6) is 5.75 Å². The van der Waals surface area contributed by atoms with Gasteiger partial charge in [-0.25, -0.2) is 13.2 Å². The lowest BCUT2D eigenvalue weighted by atomic mass is 10.2. The summed E-state index contributed by atoms with van der Waals surface area (Å²) in [5, 5.41) is 2.59. The third kappa shape index (κ3) is 5.43. The van der Waals surface area contributed by atoms with E-state index in [4.69, 9.17) is 9.47 Å². The summed E-state index contributed by atoms with van der Waals surface area (Å²) < 4.78 is 37.0. The molecule has 10 heteroatoms. The molecule has 1 aromatic carbocycles. The van der Waals surface area contributed by atoms with Crippen molar-refractivity contribution in [1.29, 1.82) is 0 Å². The van der Waals surface area contributed by atoms with Crippen LogP contribution in [0.3, 0.4) is 0 Å². The number of amidine groups is 1. The Balaban J connectivity index is 1.40. The molecule has 9 nitrogen and oxygen atoms in total. The molecular weight excluding hydrogens is 386 g/mol. The Morgan fingerprint density at radius 1 is 1.18 bits per heavy atom. The minimum Gasteiger partial charge on any atom is -0.492 e. The molecule has 2 heterocycles. The first-order chi connectivity index (χ1) is 13.4. The Kier molecular flexibility index (Phi) is 6.09. The van der Waals surface area contributed by atoms with Gasteiger partial charge in [-0.2, -0.15) is 0 Å². The molecule has 0 saturated carbocycles. The predicted octanol–water partition coefficient (Wildman–Crippen LogP) is 0.222. The second-order valence-electron chi connectivity index (χ2n) is 5.93. The lowest BCUT2D eigenvalue weighted by Gasteiger charge is -2.26. The van der Waals surface area contributed by atoms with Crippen LogP contribution in [0.4, 0.5) is 0 Å². The van der Waals surface area contributed by atoms with Crippen LogP contribution in [0, 0.1) is 0 Å². The van der Waals surface area contributed by atoms with E-state index >= 15 is 0 Å². The molecule has 0 saturated heterocycles. The van der Waals surface area contributed by atoms with E-state index in [-0.39, 0.29) is 36.9 Å². The fourth-order valence-electron chi connectivity index (χ4n) is 2.46. The van der Waals surface area contributed by atoms with Crippen molar-refractivity contribution >= 4 is 27.7 Å². The summed E-state index contributed by atoms with van der Waals surface area (Å²) in [7, 11) is -3.45. The minimum absolute atomic E-state index is 0.128. The van der Waals surface area contributed by atoms with Crippen LogP contribution in [0.15, 0.2) is 58.7 Å². The molecule has 2 aliphatic heterocycles. The highest BCUT2D eigenvalue weighted by Gasteiger charge is 2.25. The first-order valence-corrected chi connectivity index (χ1v) is 10.1. The van der Waals surface area contributed by atoms with Gasteiger partial charge in [0, 0.05) is 12.7 Å². The molecule has 148 valence electrons. The smallest absolute Gasteiger partial charge is 0.340 e. The van der Waals surface area contributed by atoms with Gasteiger partial charge in [-0.1, -0.05) is 18.2 Å². The number of sulfonamides is 1. The number of esters is 1. The standard InChI is InChI=1S/C18H19N3O6S/c22-17(19-8-10-26-15-4-2-1-3-5-15)13-27-18(23)14-6-7-16-20-28(24,25)11-9-21(16)12-14/h1-7,12H,8-11,13H2,(H,19,22). The largest absolute Gasteiger partial charge is 0.492 e. The summed E-state index contributed by atoms with van der Waals surface area (Å²) in [5.41, 5.74) is 0.207. The molecule has 1 N–H and O–H groups in total. The summed E-state index contributed by atoms with van der Waals surface area (Å²) in [6.45, 7) is 0.336. The number of fused-ring (bicyclic) bond motifs is 1. The first kappa shape index (κ1) is 19.6. The molecule has 0 radical (unpaired) electrons. The van der Waals surface area contributed by atoms with Crippen LogP contribution in [0.25, 0.3) is 0 Å². The van der Waals surface area contributed by atoms with Crippen molar-refractivity contribution in [2.24, 2.45) is 4.40 Å². The molecule has 1 amide bonds. The number of benzene rings is 1. The van der Waals surface area contributed by atoms with E-state index in [2.05, 4.69) is 9.71 Å². The second-order valence-corrected chi connectivity index (χ2v) is 7.69. The number of amides is 1. The summed E-state index contributed by atoms with van der Waals surface area (Å²) in [6, 6.07) is 9.19. The molecule has 0 atom stereocenters. The normalized spacial score (nSPS) is 17.1. The van der Waals surface area contributed by atoms with Crippen molar-refractivity contribution in [1.82, 2.24) is 10.2 Å². The van der Waals surface area contributed by atoms with Gasteiger partial charge in [0.2, 0.25) is 0 Å². The van der Waals surface area contributed by atoms with Gasteiger partial charge in [-0.3, -0.25) is 4.79 Å². The topological polar surface area (TPSA) is 114 Å². The van der Waals surface area contributed by atoms with Crippen molar-refractivity contribution in [2.75, 3.05) is 32.1 Å². The monoisotopic (exact) mass is 405 g/mol. The van der Waals surface area contributed by atoms with E-state index in [1.165, 1.54) is 18.4 Å². The Bertz CT molecular complexity index is 937. The number of nitrogens with one attached hydrogen (secondary N) is 1. The highest BCUT2D eigenvalue weighted by molar-refractivity contribution is 7.90. The number of para-hydroxylation sites is 1. The van der Waals surface area contributed by atoms with E-state index in [1.54, 1.807) is 4.90 Å². The zero-order chi connectivity index (χ0) is 20.0. The Hall–Kier alpha value is -3.14. The average molecular weight is 405 g/mol. The fourth-order valence-corrected chi connectivity index (χ4v) is 3.43. The van der Waals surface area contributed by atoms with Gasteiger partial charge >= 0.3 is 5.97 Å². The summed E-state index contributed by atoms with van der Waals surface area (Å²) >= 11 is 0. The summed E-state index contributed by atoms with van der Waals surface area (Å²) in [5.74, 6) is -0.306. The Morgan fingerprint density at radius 3 is 2.75 bits per heavy atom. The minimum atomic E-state index is -3.45. The van der Waals surface area contributed by atoms with Crippen LogP contribution in [-0.2, 0) is 24.3 Å². The van der Waals surface area contributed by atoms with Crippen LogP contribution in [0.2, 0.25) is 0 Å². The zero-order valence-electron chi connectivity index (χ0n) is 14.9. The molecule has 0 bridgehead atoms. The number of carbonyl (C=O) groups excluding carboxylic acids is 2. The molecule has 1 aromatic rings. The zero-order valence-corrected chi connectivity index (χ0v) is 15.7. The highest BCUT2D eigenvalue weighted by atomic mass is 32.2. The number of carbonyl (C=O) groups is 2. The van der Waals surface area contributed by atoms with E-state index < -0.39 is 28.5 Å². The van der Waals surface area contributed by atoms with Crippen molar-refractivity contribution < 1.29 is 27.5 Å². The second kappa shape index (κ2) is 8.70. The average Bonchev–Trinajstić information content (AvgIpc) is 2.69. The van der Waals surface area contributed by atoms with E-state index in [0.29, 0.717) is 5.75 Å². The molecule has 0 unspecified atom stereocenters. The SMILES string of the molecule is O=C(COC(=O)C1=CN2CCS(=O)(=O)N=C2C=C1)NCCOc1ccccc1. The van der Waals surface area contributed by atoms with Gasteiger partial charge in [-0.05, 0) is 24.3 Å². The highest BCUT2D eigenvalue weighted by Crippen LogP contribution is 2.16. The van der Waals surface area contributed by atoms with Crippen LogP contribution in [0.1, 0.15) is 0 Å². The lowest BCUT2D eigenvalue weighted by Crippen LogP contribution is -2.37. The molecule has 3 rings (SSSR count). The van der Waals surface area contributed by atoms with Crippen molar-refractivity contribution in [2.45, 2.75) is 0 Å². The molecule has 28 heavy (non-hydrogen) atoms. The first-order valence-electron chi connectivity index (χ1n) is 8.54. The Morgan fingerprint density at radius 2 is 1.96 bits per heavy atom. The van der Waals surface area contributed by atoms with E-state index in [0.717, 1.165) is 0 Å². The predicted molar refractivity (Wildman–Crippen MR) is 101 cm³/mol. The molecule has 0 spiro atoms. The fraction of sp³-hybridized carbons (Fsp3) is 0.278. The quantitative estimate of drug-likeness (QED) is 0.510. The van der Waals surface area contributed by atoms with Gasteiger partial charge in [0.1, 0.15) is 18.2 Å². The van der Waals surface area contributed by atoms with Crippen molar-refractivity contribution in [3.8, 4) is 5.75 Å². The number of ether oxygens (including phenoxy) is 2. The molecular formula is C18H19N3O6S. The number of rotatable bonds is 7. The van der Waals surface area contributed by atoms with Crippen LogP contribution in [-0.4, -0.2) is 63.1 Å². The number of nitrogens with zero attached hydrogens (tertiary/aromatic N) is 2. The van der Waals surface area contributed by atoms with Gasteiger partial charge in [0.05, 0.1) is 17.9 Å². The molecule has 0 aliphatic carbocycles. The van der Waals surface area contributed by atoms with E-state index in [9.17, 15) is 18.0 Å². The summed E-state index contributed by atoms with van der Waals surface area (Å²) in [6.07, 6.45) is 4.29. The number of hydrogen-bond donors (Lipinski definition) is 1. The van der Waals surface area contributed by atoms with Crippen molar-refractivity contribution in [3.05, 3.63) is 54.3 Å². The van der Waals surface area contributed by atoms with Crippen LogP contribution >= 0.6 is 0 Å². The van der Waals surface area contributed by atoms with Gasteiger partial charge in [0.15, 0.2) is 6.61 Å². The Labute approximate surface area is 162 Å². The molecule has 0 fully saturated rings.